The van der Waals surface area contributed by atoms with E-state index in [1.165, 1.54) is 19.1 Å². The molecule has 3 rings (SSSR count). The van der Waals surface area contributed by atoms with Crippen molar-refractivity contribution in [1.82, 2.24) is 10.6 Å². The summed E-state index contributed by atoms with van der Waals surface area (Å²) in [6.07, 6.45) is 0. The molecule has 1 aromatic heterocycles. The lowest BCUT2D eigenvalue weighted by Crippen LogP contribution is -2.34. The minimum absolute atomic E-state index is 0.0257. The third-order valence-electron chi connectivity index (χ3n) is 4.13. The molecule has 1 heterocycles. The number of para-hydroxylation sites is 1. The van der Waals surface area contributed by atoms with Gasteiger partial charge in [-0.2, -0.15) is 0 Å². The summed E-state index contributed by atoms with van der Waals surface area (Å²) in [4.78, 5) is 23.1. The number of nitrogen functional groups attached to an aromatic ring is 1. The SMILES string of the molecule is CC(=O)NCCNC(=O)c1ccc(N)c(C(=N)c2cc3ccccc3o2)c1F. The molecular formula is C20H19FN4O3. The van der Waals surface area contributed by atoms with Gasteiger partial charge >= 0.3 is 0 Å². The van der Waals surface area contributed by atoms with Gasteiger partial charge in [0.2, 0.25) is 5.91 Å². The number of fused-ring (bicyclic) bond motifs is 1. The number of benzene rings is 2. The highest BCUT2D eigenvalue weighted by atomic mass is 19.1. The van der Waals surface area contributed by atoms with Crippen LogP contribution >= 0.6 is 0 Å². The van der Waals surface area contributed by atoms with Crippen LogP contribution in [0.3, 0.4) is 0 Å². The van der Waals surface area contributed by atoms with Gasteiger partial charge in [-0.05, 0) is 24.3 Å². The Hall–Kier alpha value is -3.68. The van der Waals surface area contributed by atoms with Crippen LogP contribution < -0.4 is 16.4 Å². The maximum Gasteiger partial charge on any atom is 0.254 e. The van der Waals surface area contributed by atoms with E-state index in [1.54, 1.807) is 18.2 Å². The molecule has 2 amide bonds. The van der Waals surface area contributed by atoms with Crippen molar-refractivity contribution >= 4 is 34.2 Å². The Balaban J connectivity index is 1.87. The first-order chi connectivity index (χ1) is 13.4. The smallest absolute Gasteiger partial charge is 0.254 e. The molecule has 0 radical (unpaired) electrons. The Morgan fingerprint density at radius 1 is 1.14 bits per heavy atom. The molecule has 0 saturated carbocycles. The molecule has 8 heteroatoms. The highest BCUT2D eigenvalue weighted by molar-refractivity contribution is 6.15. The molecule has 0 aliphatic carbocycles. The fraction of sp³-hybridized carbons (Fsp3) is 0.150. The van der Waals surface area contributed by atoms with Gasteiger partial charge in [0, 0.05) is 31.1 Å². The average molecular weight is 382 g/mol. The normalized spacial score (nSPS) is 10.6. The van der Waals surface area contributed by atoms with E-state index in [4.69, 9.17) is 15.6 Å². The summed E-state index contributed by atoms with van der Waals surface area (Å²) < 4.78 is 20.6. The fourth-order valence-electron chi connectivity index (χ4n) is 2.76. The van der Waals surface area contributed by atoms with Crippen LogP contribution in [0.2, 0.25) is 0 Å². The van der Waals surface area contributed by atoms with Crippen molar-refractivity contribution in [3.8, 4) is 0 Å². The summed E-state index contributed by atoms with van der Waals surface area (Å²) in [6.45, 7) is 1.72. The largest absolute Gasteiger partial charge is 0.454 e. The summed E-state index contributed by atoms with van der Waals surface area (Å²) >= 11 is 0. The monoisotopic (exact) mass is 382 g/mol. The first kappa shape index (κ1) is 19.1. The molecule has 0 atom stereocenters. The minimum atomic E-state index is -0.900. The number of hydrogen-bond donors (Lipinski definition) is 4. The average Bonchev–Trinajstić information content (AvgIpc) is 3.09. The lowest BCUT2D eigenvalue weighted by molar-refractivity contribution is -0.118. The summed E-state index contributed by atoms with van der Waals surface area (Å²) in [7, 11) is 0. The molecule has 0 fully saturated rings. The maximum absolute atomic E-state index is 15.0. The second-order valence-electron chi connectivity index (χ2n) is 6.15. The van der Waals surface area contributed by atoms with Gasteiger partial charge in [-0.3, -0.25) is 15.0 Å². The third kappa shape index (κ3) is 3.85. The van der Waals surface area contributed by atoms with E-state index in [0.717, 1.165) is 5.39 Å². The van der Waals surface area contributed by atoms with Crippen LogP contribution in [-0.4, -0.2) is 30.6 Å². The van der Waals surface area contributed by atoms with E-state index in [1.807, 2.05) is 12.1 Å². The molecule has 144 valence electrons. The highest BCUT2D eigenvalue weighted by Gasteiger charge is 2.23. The van der Waals surface area contributed by atoms with Crippen LogP contribution in [0.15, 0.2) is 46.9 Å². The molecule has 7 nitrogen and oxygen atoms in total. The number of nitrogens with two attached hydrogens (primary N) is 1. The quantitative estimate of drug-likeness (QED) is 0.297. The van der Waals surface area contributed by atoms with Crippen molar-refractivity contribution in [2.24, 2.45) is 0 Å². The van der Waals surface area contributed by atoms with E-state index in [0.29, 0.717) is 5.58 Å². The zero-order chi connectivity index (χ0) is 20.3. The number of nitrogens with one attached hydrogen (secondary N) is 3. The first-order valence-corrected chi connectivity index (χ1v) is 8.57. The van der Waals surface area contributed by atoms with Gasteiger partial charge in [0.15, 0.2) is 5.76 Å². The van der Waals surface area contributed by atoms with Gasteiger partial charge in [-0.1, -0.05) is 18.2 Å². The predicted octanol–water partition coefficient (Wildman–Crippen LogP) is 2.44. The highest BCUT2D eigenvalue weighted by Crippen LogP contribution is 2.26. The summed E-state index contributed by atoms with van der Waals surface area (Å²) in [6, 6.07) is 11.4. The van der Waals surface area contributed by atoms with Crippen molar-refractivity contribution in [2.45, 2.75) is 6.92 Å². The van der Waals surface area contributed by atoms with Gasteiger partial charge in [0.05, 0.1) is 11.1 Å². The van der Waals surface area contributed by atoms with Crippen LogP contribution in [0.5, 0.6) is 0 Å². The van der Waals surface area contributed by atoms with Gasteiger partial charge in [0.25, 0.3) is 5.91 Å². The van der Waals surface area contributed by atoms with E-state index < -0.39 is 11.7 Å². The number of hydrogen-bond acceptors (Lipinski definition) is 5. The van der Waals surface area contributed by atoms with E-state index in [2.05, 4.69) is 10.6 Å². The van der Waals surface area contributed by atoms with Crippen LogP contribution in [0.1, 0.15) is 28.6 Å². The maximum atomic E-state index is 15.0. The van der Waals surface area contributed by atoms with Crippen molar-refractivity contribution < 1.29 is 18.4 Å². The van der Waals surface area contributed by atoms with Gasteiger partial charge in [-0.25, -0.2) is 4.39 Å². The van der Waals surface area contributed by atoms with Crippen molar-refractivity contribution in [2.75, 3.05) is 18.8 Å². The molecule has 0 bridgehead atoms. The standard InChI is InChI=1S/C20H19FN4O3/c1-11(26)24-8-9-25-20(27)13-6-7-14(22)17(18(13)21)19(23)16-10-12-4-2-3-5-15(12)28-16/h2-7,10,23H,8-9,22H2,1H3,(H,24,26)(H,25,27). The van der Waals surface area contributed by atoms with E-state index in [9.17, 15) is 9.59 Å². The molecule has 0 aliphatic heterocycles. The predicted molar refractivity (Wildman–Crippen MR) is 104 cm³/mol. The number of carbonyl (C=O) groups is 2. The lowest BCUT2D eigenvalue weighted by Gasteiger charge is -2.12. The van der Waals surface area contributed by atoms with Crippen LogP contribution in [-0.2, 0) is 4.79 Å². The van der Waals surface area contributed by atoms with Crippen molar-refractivity contribution in [1.29, 1.82) is 5.41 Å². The first-order valence-electron chi connectivity index (χ1n) is 8.57. The number of halogens is 1. The number of anilines is 1. The molecule has 0 saturated heterocycles. The summed E-state index contributed by atoms with van der Waals surface area (Å²) in [5.41, 5.74) is 5.77. The second kappa shape index (κ2) is 7.91. The van der Waals surface area contributed by atoms with Gasteiger partial charge < -0.3 is 20.8 Å². The van der Waals surface area contributed by atoms with Crippen LogP contribution in [0.4, 0.5) is 10.1 Å². The van der Waals surface area contributed by atoms with Crippen molar-refractivity contribution in [3.63, 3.8) is 0 Å². The molecular weight excluding hydrogens is 363 g/mol. The molecule has 0 aliphatic rings. The summed E-state index contributed by atoms with van der Waals surface area (Å²) in [5.74, 6) is -1.64. The number of carbonyl (C=O) groups excluding carboxylic acids is 2. The fourth-order valence-corrected chi connectivity index (χ4v) is 2.76. The van der Waals surface area contributed by atoms with Crippen LogP contribution in [0.25, 0.3) is 11.0 Å². The number of furan rings is 1. The third-order valence-corrected chi connectivity index (χ3v) is 4.13. The number of rotatable bonds is 6. The van der Waals surface area contributed by atoms with E-state index in [-0.39, 0.29) is 47.3 Å². The molecule has 2 aromatic carbocycles. The molecule has 0 spiro atoms. The zero-order valence-corrected chi connectivity index (χ0v) is 15.1. The second-order valence-corrected chi connectivity index (χ2v) is 6.15. The minimum Gasteiger partial charge on any atom is -0.454 e. The Kier molecular flexibility index (Phi) is 5.39. The Morgan fingerprint density at radius 2 is 1.86 bits per heavy atom. The molecule has 5 N–H and O–H groups in total. The Morgan fingerprint density at radius 3 is 2.57 bits per heavy atom. The number of amides is 2. The topological polar surface area (TPSA) is 121 Å². The zero-order valence-electron chi connectivity index (χ0n) is 15.1. The van der Waals surface area contributed by atoms with Crippen molar-refractivity contribution in [3.05, 3.63) is 65.2 Å². The summed E-state index contributed by atoms with van der Waals surface area (Å²) in [5, 5.41) is 14.2. The van der Waals surface area contributed by atoms with Gasteiger partial charge in [0.1, 0.15) is 17.1 Å². The Bertz CT molecular complexity index is 1040. The molecule has 3 aromatic rings. The molecule has 28 heavy (non-hydrogen) atoms. The van der Waals surface area contributed by atoms with Crippen LogP contribution in [0, 0.1) is 11.2 Å². The lowest BCUT2D eigenvalue weighted by atomic mass is 10.0. The molecule has 0 unspecified atom stereocenters. The van der Waals surface area contributed by atoms with Gasteiger partial charge in [-0.15, -0.1) is 0 Å². The Labute approximate surface area is 160 Å². The van der Waals surface area contributed by atoms with E-state index >= 15 is 4.39 Å².